The number of aromatic nitrogens is 1. The molecular formula is C16H23N5O. The quantitative estimate of drug-likeness (QED) is 0.597. The molecule has 0 aliphatic rings. The average Bonchev–Trinajstić information content (AvgIpc) is 3.02. The first kappa shape index (κ1) is 16.0. The van der Waals surface area contributed by atoms with Gasteiger partial charge in [0.15, 0.2) is 5.96 Å². The monoisotopic (exact) mass is 301 g/mol. The molecule has 0 bridgehead atoms. The van der Waals surface area contributed by atoms with Crippen molar-refractivity contribution in [2.24, 2.45) is 10.7 Å². The minimum absolute atomic E-state index is 0.0751. The van der Waals surface area contributed by atoms with E-state index in [0.717, 1.165) is 17.9 Å². The number of nitrogens with two attached hydrogens (primary N) is 1. The van der Waals surface area contributed by atoms with Gasteiger partial charge in [-0.3, -0.25) is 14.9 Å². The number of hydrogen-bond donors (Lipinski definition) is 2. The number of rotatable bonds is 7. The van der Waals surface area contributed by atoms with Crippen molar-refractivity contribution in [2.75, 3.05) is 27.2 Å². The van der Waals surface area contributed by atoms with Crippen LogP contribution in [0.5, 0.6) is 0 Å². The Labute approximate surface area is 131 Å². The predicted molar refractivity (Wildman–Crippen MR) is 87.6 cm³/mol. The lowest BCUT2D eigenvalue weighted by molar-refractivity contribution is 0.265. The van der Waals surface area contributed by atoms with Gasteiger partial charge in [-0.05, 0) is 38.4 Å². The number of nitrogens with one attached hydrogen (secondary N) is 1. The minimum Gasteiger partial charge on any atom is -0.468 e. The fourth-order valence-corrected chi connectivity index (χ4v) is 2.09. The summed E-state index contributed by atoms with van der Waals surface area (Å²) in [5, 5.41) is 3.11. The maximum absolute atomic E-state index is 5.91. The zero-order valence-electron chi connectivity index (χ0n) is 13.1. The van der Waals surface area contributed by atoms with Gasteiger partial charge in [0.1, 0.15) is 5.76 Å². The molecule has 2 rings (SSSR count). The molecule has 0 radical (unpaired) electrons. The molecule has 0 amide bonds. The number of likely N-dealkylation sites (N-methyl/N-ethyl adjacent to an activating group) is 1. The van der Waals surface area contributed by atoms with Crippen molar-refractivity contribution in [1.82, 2.24) is 15.2 Å². The Balaban J connectivity index is 1.81. The summed E-state index contributed by atoms with van der Waals surface area (Å²) in [6, 6.07) is 9.78. The van der Waals surface area contributed by atoms with Crippen molar-refractivity contribution in [2.45, 2.75) is 12.5 Å². The van der Waals surface area contributed by atoms with Crippen LogP contribution in [0, 0.1) is 0 Å². The Bertz CT molecular complexity index is 565. The van der Waals surface area contributed by atoms with Crippen LogP contribution in [0.3, 0.4) is 0 Å². The van der Waals surface area contributed by atoms with Crippen molar-refractivity contribution >= 4 is 5.96 Å². The lowest BCUT2D eigenvalue weighted by atomic mass is 10.2. The Morgan fingerprint density at radius 3 is 2.86 bits per heavy atom. The molecule has 0 aromatic carbocycles. The Morgan fingerprint density at radius 1 is 1.36 bits per heavy atom. The summed E-state index contributed by atoms with van der Waals surface area (Å²) in [4.78, 5) is 10.7. The summed E-state index contributed by atoms with van der Waals surface area (Å²) >= 11 is 0. The van der Waals surface area contributed by atoms with E-state index in [-0.39, 0.29) is 6.04 Å². The molecule has 2 aromatic rings. The minimum atomic E-state index is 0.0751. The summed E-state index contributed by atoms with van der Waals surface area (Å²) in [6.07, 6.45) is 4.27. The molecule has 22 heavy (non-hydrogen) atoms. The summed E-state index contributed by atoms with van der Waals surface area (Å²) in [7, 11) is 3.99. The molecule has 0 spiro atoms. The normalized spacial score (nSPS) is 13.3. The van der Waals surface area contributed by atoms with Gasteiger partial charge in [0.25, 0.3) is 0 Å². The van der Waals surface area contributed by atoms with Crippen LogP contribution >= 0.6 is 0 Å². The van der Waals surface area contributed by atoms with Gasteiger partial charge in [-0.15, -0.1) is 0 Å². The highest BCUT2D eigenvalue weighted by Gasteiger charge is 2.16. The Hall–Kier alpha value is -2.34. The highest BCUT2D eigenvalue weighted by atomic mass is 16.3. The van der Waals surface area contributed by atoms with E-state index in [1.807, 2.05) is 44.4 Å². The van der Waals surface area contributed by atoms with E-state index < -0.39 is 0 Å². The number of hydrogen-bond acceptors (Lipinski definition) is 4. The second-order valence-corrected chi connectivity index (χ2v) is 5.22. The number of aliphatic imine (C=N–C) groups is 1. The fourth-order valence-electron chi connectivity index (χ4n) is 2.09. The molecule has 0 unspecified atom stereocenters. The maximum Gasteiger partial charge on any atom is 0.188 e. The van der Waals surface area contributed by atoms with Crippen LogP contribution in [0.1, 0.15) is 17.5 Å². The molecule has 2 aromatic heterocycles. The molecular weight excluding hydrogens is 278 g/mol. The standard InChI is InChI=1S/C16H23N5O/c1-21(2)14(15-7-5-11-22-15)12-20-16(17)19-10-8-13-6-3-4-9-18-13/h3-7,9,11,14H,8,10,12H2,1-2H3,(H3,17,19,20)/t14-/m0/s1. The van der Waals surface area contributed by atoms with Gasteiger partial charge in [-0.1, -0.05) is 6.07 Å². The maximum atomic E-state index is 5.91. The van der Waals surface area contributed by atoms with Crippen molar-refractivity contribution in [3.05, 3.63) is 54.2 Å². The van der Waals surface area contributed by atoms with Crippen molar-refractivity contribution in [1.29, 1.82) is 0 Å². The molecule has 6 heteroatoms. The van der Waals surface area contributed by atoms with Gasteiger partial charge in [0, 0.05) is 24.9 Å². The molecule has 3 N–H and O–H groups in total. The van der Waals surface area contributed by atoms with E-state index in [2.05, 4.69) is 20.2 Å². The van der Waals surface area contributed by atoms with E-state index in [1.165, 1.54) is 0 Å². The largest absolute Gasteiger partial charge is 0.468 e. The van der Waals surface area contributed by atoms with Crippen molar-refractivity contribution in [3.8, 4) is 0 Å². The third-order valence-electron chi connectivity index (χ3n) is 3.34. The Kier molecular flexibility index (Phi) is 5.97. The van der Waals surface area contributed by atoms with Crippen LogP contribution in [0.25, 0.3) is 0 Å². The number of pyridine rings is 1. The molecule has 2 heterocycles. The number of nitrogens with zero attached hydrogens (tertiary/aromatic N) is 3. The second kappa shape index (κ2) is 8.19. The molecule has 0 aliphatic carbocycles. The zero-order chi connectivity index (χ0) is 15.8. The zero-order valence-corrected chi connectivity index (χ0v) is 13.1. The van der Waals surface area contributed by atoms with Gasteiger partial charge in [0.05, 0.1) is 18.8 Å². The average molecular weight is 301 g/mol. The van der Waals surface area contributed by atoms with E-state index in [1.54, 1.807) is 12.5 Å². The molecule has 1 atom stereocenters. The smallest absolute Gasteiger partial charge is 0.188 e. The van der Waals surface area contributed by atoms with E-state index in [9.17, 15) is 0 Å². The van der Waals surface area contributed by atoms with Crippen molar-refractivity contribution in [3.63, 3.8) is 0 Å². The first-order chi connectivity index (χ1) is 10.7. The van der Waals surface area contributed by atoms with E-state index >= 15 is 0 Å². The lowest BCUT2D eigenvalue weighted by Crippen LogP contribution is -2.34. The molecule has 0 saturated heterocycles. The van der Waals surface area contributed by atoms with Crippen molar-refractivity contribution < 1.29 is 4.42 Å². The molecule has 6 nitrogen and oxygen atoms in total. The number of furan rings is 1. The first-order valence-corrected chi connectivity index (χ1v) is 7.30. The fraction of sp³-hybridized carbons (Fsp3) is 0.375. The van der Waals surface area contributed by atoms with Crippen LogP contribution in [-0.4, -0.2) is 43.0 Å². The van der Waals surface area contributed by atoms with Gasteiger partial charge in [-0.25, -0.2) is 0 Å². The topological polar surface area (TPSA) is 79.7 Å². The predicted octanol–water partition coefficient (Wildman–Crippen LogP) is 1.42. The molecule has 0 aliphatic heterocycles. The second-order valence-electron chi connectivity index (χ2n) is 5.22. The molecule has 0 fully saturated rings. The van der Waals surface area contributed by atoms with Gasteiger partial charge in [-0.2, -0.15) is 0 Å². The molecule has 0 saturated carbocycles. The lowest BCUT2D eigenvalue weighted by Gasteiger charge is -2.20. The van der Waals surface area contributed by atoms with Crippen LogP contribution < -0.4 is 11.1 Å². The van der Waals surface area contributed by atoms with Gasteiger partial charge >= 0.3 is 0 Å². The SMILES string of the molecule is CN(C)[C@@H](CN=C(N)NCCc1ccccn1)c1ccco1. The molecule has 118 valence electrons. The first-order valence-electron chi connectivity index (χ1n) is 7.30. The van der Waals surface area contributed by atoms with Crippen LogP contribution in [0.2, 0.25) is 0 Å². The summed E-state index contributed by atoms with van der Waals surface area (Å²) in [5.74, 6) is 1.32. The highest BCUT2D eigenvalue weighted by Crippen LogP contribution is 2.18. The van der Waals surface area contributed by atoms with E-state index in [0.29, 0.717) is 19.0 Å². The van der Waals surface area contributed by atoms with Crippen LogP contribution in [-0.2, 0) is 6.42 Å². The number of guanidine groups is 1. The Morgan fingerprint density at radius 2 is 2.23 bits per heavy atom. The van der Waals surface area contributed by atoms with Gasteiger partial charge < -0.3 is 15.5 Å². The third-order valence-corrected chi connectivity index (χ3v) is 3.34. The van der Waals surface area contributed by atoms with Crippen LogP contribution in [0.4, 0.5) is 0 Å². The van der Waals surface area contributed by atoms with E-state index in [4.69, 9.17) is 10.2 Å². The summed E-state index contributed by atoms with van der Waals surface area (Å²) in [5.41, 5.74) is 6.94. The van der Waals surface area contributed by atoms with Crippen LogP contribution in [0.15, 0.2) is 52.2 Å². The highest BCUT2D eigenvalue weighted by molar-refractivity contribution is 5.77. The van der Waals surface area contributed by atoms with Gasteiger partial charge in [0.2, 0.25) is 0 Å². The summed E-state index contributed by atoms with van der Waals surface area (Å²) in [6.45, 7) is 1.25. The third kappa shape index (κ3) is 4.89. The summed E-state index contributed by atoms with van der Waals surface area (Å²) < 4.78 is 5.45.